The van der Waals surface area contributed by atoms with Gasteiger partial charge in [-0.2, -0.15) is 0 Å². The first-order chi connectivity index (χ1) is 14.9. The average molecular weight is 444 g/mol. The molecule has 3 aromatic rings. The molecule has 0 N–H and O–H groups in total. The number of hydrogen-bond acceptors (Lipinski definition) is 5. The van der Waals surface area contributed by atoms with Gasteiger partial charge in [-0.05, 0) is 44.5 Å². The molecule has 2 aromatic heterocycles. The number of hydrogen-bond donors (Lipinski definition) is 0. The van der Waals surface area contributed by atoms with Gasteiger partial charge in [0, 0.05) is 36.4 Å². The summed E-state index contributed by atoms with van der Waals surface area (Å²) in [5.41, 5.74) is -0.150. The zero-order valence-electron chi connectivity index (χ0n) is 18.0. The summed E-state index contributed by atoms with van der Waals surface area (Å²) in [6.07, 6.45) is 3.23. The van der Waals surface area contributed by atoms with Gasteiger partial charge < -0.3 is 4.90 Å². The second-order valence-corrected chi connectivity index (χ2v) is 7.62. The van der Waals surface area contributed by atoms with Gasteiger partial charge in [0.15, 0.2) is 11.5 Å². The second-order valence-electron chi connectivity index (χ2n) is 7.18. The summed E-state index contributed by atoms with van der Waals surface area (Å²) >= 11 is 5.94. The number of benzene rings is 1. The molecule has 0 aliphatic heterocycles. The Labute approximate surface area is 185 Å². The molecule has 9 heteroatoms. The largest absolute Gasteiger partial charge is 0.341 e. The van der Waals surface area contributed by atoms with Gasteiger partial charge in [-0.1, -0.05) is 24.9 Å². The third-order valence-electron chi connectivity index (χ3n) is 5.19. The molecule has 0 radical (unpaired) electrons. The van der Waals surface area contributed by atoms with Gasteiger partial charge in [0.1, 0.15) is 11.9 Å². The Balaban J connectivity index is 2.08. The summed E-state index contributed by atoms with van der Waals surface area (Å²) in [6, 6.07) is 6.98. The van der Waals surface area contributed by atoms with Crippen molar-refractivity contribution in [3.05, 3.63) is 56.3 Å². The van der Waals surface area contributed by atoms with Crippen molar-refractivity contribution >= 4 is 28.5 Å². The number of unbranched alkanes of at least 4 members (excludes halogenated alkanes) is 1. The molecule has 0 unspecified atom stereocenters. The van der Waals surface area contributed by atoms with Crippen molar-refractivity contribution in [1.29, 1.82) is 0 Å². The van der Waals surface area contributed by atoms with E-state index >= 15 is 0 Å². The van der Waals surface area contributed by atoms with Crippen molar-refractivity contribution in [2.45, 2.75) is 46.7 Å². The molecule has 8 nitrogen and oxygen atoms in total. The highest BCUT2D eigenvalue weighted by molar-refractivity contribution is 6.30. The molecular formula is C22H26ClN5O3. The first-order valence-electron chi connectivity index (χ1n) is 10.4. The van der Waals surface area contributed by atoms with E-state index in [0.29, 0.717) is 30.5 Å². The summed E-state index contributed by atoms with van der Waals surface area (Å²) in [5.74, 6) is 0.131. The van der Waals surface area contributed by atoms with Crippen LogP contribution in [0.3, 0.4) is 0 Å². The summed E-state index contributed by atoms with van der Waals surface area (Å²) in [7, 11) is 0. The maximum absolute atomic E-state index is 13.1. The van der Waals surface area contributed by atoms with Gasteiger partial charge in [-0.15, -0.1) is 0 Å². The third kappa shape index (κ3) is 4.69. The number of fused-ring (bicyclic) bond motifs is 1. The molecule has 1 amide bonds. The number of aryl methyl sites for hydroxylation is 1. The molecule has 0 saturated heterocycles. The number of halogens is 1. The van der Waals surface area contributed by atoms with E-state index in [0.717, 1.165) is 23.0 Å². The third-order valence-corrected chi connectivity index (χ3v) is 5.44. The monoisotopic (exact) mass is 443 g/mol. The minimum Gasteiger partial charge on any atom is -0.341 e. The Kier molecular flexibility index (Phi) is 7.22. The molecule has 2 heterocycles. The highest BCUT2D eigenvalue weighted by atomic mass is 35.5. The summed E-state index contributed by atoms with van der Waals surface area (Å²) in [6.45, 7) is 6.84. The minimum atomic E-state index is -0.563. The Hall–Kier alpha value is -3.00. The Morgan fingerprint density at radius 3 is 2.42 bits per heavy atom. The maximum Gasteiger partial charge on any atom is 0.333 e. The van der Waals surface area contributed by atoms with E-state index in [-0.39, 0.29) is 23.5 Å². The van der Waals surface area contributed by atoms with Crippen LogP contribution in [-0.4, -0.2) is 43.0 Å². The quantitative estimate of drug-likeness (QED) is 0.534. The molecule has 31 heavy (non-hydrogen) atoms. The van der Waals surface area contributed by atoms with Crippen molar-refractivity contribution in [2.75, 3.05) is 13.1 Å². The molecule has 0 fully saturated rings. The predicted molar refractivity (Wildman–Crippen MR) is 121 cm³/mol. The Bertz CT molecular complexity index is 1200. The average Bonchev–Trinajstić information content (AvgIpc) is 2.77. The zero-order chi connectivity index (χ0) is 22.5. The van der Waals surface area contributed by atoms with E-state index < -0.39 is 11.2 Å². The number of carbonyl (C=O) groups is 1. The Morgan fingerprint density at radius 2 is 1.81 bits per heavy atom. The summed E-state index contributed by atoms with van der Waals surface area (Å²) < 4.78 is 2.38. The van der Waals surface area contributed by atoms with Crippen molar-refractivity contribution in [1.82, 2.24) is 24.0 Å². The van der Waals surface area contributed by atoms with Crippen LogP contribution in [0.2, 0.25) is 5.02 Å². The fourth-order valence-electron chi connectivity index (χ4n) is 3.40. The van der Waals surface area contributed by atoms with E-state index in [2.05, 4.69) is 9.97 Å². The number of likely N-dealkylation sites (N-methyl/N-ethyl adjacent to an activating group) is 1. The number of rotatable bonds is 8. The van der Waals surface area contributed by atoms with Crippen LogP contribution in [0.1, 0.15) is 33.6 Å². The van der Waals surface area contributed by atoms with E-state index in [4.69, 9.17) is 11.6 Å². The smallest absolute Gasteiger partial charge is 0.333 e. The van der Waals surface area contributed by atoms with E-state index in [1.165, 1.54) is 10.8 Å². The summed E-state index contributed by atoms with van der Waals surface area (Å²) in [5, 5.41) is 0.784. The standard InChI is InChI=1S/C22H26ClN5O3/c1-4-7-12-26(5-2)18(29)14-28-21(30)17-13-24-19(15-8-10-16(23)11-9-15)25-20(17)27(6-3)22(28)31/h8-11,13H,4-7,12,14H2,1-3H3. The fraction of sp³-hybridized carbons (Fsp3) is 0.409. The molecule has 1 aromatic carbocycles. The van der Waals surface area contributed by atoms with Gasteiger partial charge in [0.25, 0.3) is 5.56 Å². The maximum atomic E-state index is 13.1. The van der Waals surface area contributed by atoms with Crippen molar-refractivity contribution in [3.8, 4) is 11.4 Å². The molecule has 0 spiro atoms. The van der Waals surface area contributed by atoms with Crippen LogP contribution in [0.5, 0.6) is 0 Å². The lowest BCUT2D eigenvalue weighted by atomic mass is 10.2. The normalized spacial score (nSPS) is 11.1. The molecule has 0 aliphatic carbocycles. The Morgan fingerprint density at radius 1 is 1.10 bits per heavy atom. The summed E-state index contributed by atoms with van der Waals surface area (Å²) in [4.78, 5) is 49.3. The van der Waals surface area contributed by atoms with Gasteiger partial charge in [0.05, 0.1) is 0 Å². The van der Waals surface area contributed by atoms with Crippen LogP contribution in [0.25, 0.3) is 22.4 Å². The first-order valence-corrected chi connectivity index (χ1v) is 10.8. The fourth-order valence-corrected chi connectivity index (χ4v) is 3.53. The van der Waals surface area contributed by atoms with Gasteiger partial charge >= 0.3 is 5.69 Å². The van der Waals surface area contributed by atoms with Crippen LogP contribution in [-0.2, 0) is 17.9 Å². The molecule has 3 rings (SSSR count). The second kappa shape index (κ2) is 9.87. The van der Waals surface area contributed by atoms with Crippen LogP contribution in [0.4, 0.5) is 0 Å². The van der Waals surface area contributed by atoms with E-state index in [1.807, 2.05) is 13.8 Å². The molecule has 0 atom stereocenters. The molecule has 0 aliphatic rings. The van der Waals surface area contributed by atoms with Crippen LogP contribution >= 0.6 is 11.6 Å². The topological polar surface area (TPSA) is 90.1 Å². The van der Waals surface area contributed by atoms with Gasteiger partial charge in [-0.3, -0.25) is 18.7 Å². The van der Waals surface area contributed by atoms with E-state index in [9.17, 15) is 14.4 Å². The van der Waals surface area contributed by atoms with E-state index in [1.54, 1.807) is 36.1 Å². The lowest BCUT2D eigenvalue weighted by molar-refractivity contribution is -0.131. The lowest BCUT2D eigenvalue weighted by Gasteiger charge is -2.21. The predicted octanol–water partition coefficient (Wildman–Crippen LogP) is 2.94. The van der Waals surface area contributed by atoms with Crippen molar-refractivity contribution in [2.24, 2.45) is 0 Å². The number of nitrogens with zero attached hydrogens (tertiary/aromatic N) is 5. The van der Waals surface area contributed by atoms with Crippen LogP contribution < -0.4 is 11.2 Å². The molecule has 164 valence electrons. The number of carbonyl (C=O) groups excluding carboxylic acids is 1. The van der Waals surface area contributed by atoms with Crippen LogP contribution in [0.15, 0.2) is 40.1 Å². The SMILES string of the molecule is CCCCN(CC)C(=O)Cn1c(=O)c2cnc(-c3ccc(Cl)cc3)nc2n(CC)c1=O. The van der Waals surface area contributed by atoms with Crippen molar-refractivity contribution < 1.29 is 4.79 Å². The molecule has 0 bridgehead atoms. The number of amides is 1. The molecule has 0 saturated carbocycles. The van der Waals surface area contributed by atoms with Gasteiger partial charge in [0.2, 0.25) is 5.91 Å². The van der Waals surface area contributed by atoms with Crippen molar-refractivity contribution in [3.63, 3.8) is 0 Å². The first kappa shape index (κ1) is 22.7. The highest BCUT2D eigenvalue weighted by Gasteiger charge is 2.19. The highest BCUT2D eigenvalue weighted by Crippen LogP contribution is 2.19. The molecular weight excluding hydrogens is 418 g/mol. The van der Waals surface area contributed by atoms with Gasteiger partial charge in [-0.25, -0.2) is 14.8 Å². The lowest BCUT2D eigenvalue weighted by Crippen LogP contribution is -2.45. The number of aromatic nitrogens is 4. The van der Waals surface area contributed by atoms with Crippen LogP contribution in [0, 0.1) is 0 Å². The zero-order valence-corrected chi connectivity index (χ0v) is 18.7. The minimum absolute atomic E-state index is 0.198.